The van der Waals surface area contributed by atoms with Crippen molar-refractivity contribution in [2.75, 3.05) is 6.54 Å². The van der Waals surface area contributed by atoms with E-state index in [4.69, 9.17) is 10.5 Å². The summed E-state index contributed by atoms with van der Waals surface area (Å²) in [6.07, 6.45) is 0. The van der Waals surface area contributed by atoms with Gasteiger partial charge in [-0.2, -0.15) is 8.78 Å². The predicted octanol–water partition coefficient (Wildman–Crippen LogP) is 4.29. The van der Waals surface area contributed by atoms with Crippen LogP contribution in [0.2, 0.25) is 0 Å². The van der Waals surface area contributed by atoms with Crippen LogP contribution in [-0.4, -0.2) is 6.54 Å². The largest absolute Gasteiger partial charge is 0.457 e. The average Bonchev–Trinajstić information content (AvgIpc) is 2.42. The van der Waals surface area contributed by atoms with Gasteiger partial charge in [0.15, 0.2) is 0 Å². The second-order valence-electron chi connectivity index (χ2n) is 3.99. The predicted molar refractivity (Wildman–Crippen MR) is 73.6 cm³/mol. The molecule has 0 fully saturated rings. The molecule has 0 bridgehead atoms. The molecular weight excluding hydrogens is 316 g/mol. The molecule has 0 unspecified atom stereocenters. The lowest BCUT2D eigenvalue weighted by Gasteiger charge is -2.14. The standard InChI is InChI=1S/C14H12BrF2NO/c15-11-3-7-13(8-4-11)19-12-5-1-10(2-6-12)14(16,17)9-18/h1-8H,9,18H2. The van der Waals surface area contributed by atoms with Gasteiger partial charge in [-0.15, -0.1) is 0 Å². The molecule has 0 radical (unpaired) electrons. The highest BCUT2D eigenvalue weighted by atomic mass is 79.9. The van der Waals surface area contributed by atoms with E-state index in [-0.39, 0.29) is 5.56 Å². The van der Waals surface area contributed by atoms with E-state index in [0.717, 1.165) is 4.47 Å². The van der Waals surface area contributed by atoms with Gasteiger partial charge < -0.3 is 10.5 Å². The summed E-state index contributed by atoms with van der Waals surface area (Å²) in [6.45, 7) is -0.708. The summed E-state index contributed by atoms with van der Waals surface area (Å²) in [6, 6.07) is 12.9. The topological polar surface area (TPSA) is 35.2 Å². The molecule has 0 aromatic heterocycles. The maximum atomic E-state index is 13.3. The second-order valence-corrected chi connectivity index (χ2v) is 4.90. The zero-order valence-electron chi connectivity index (χ0n) is 9.95. The van der Waals surface area contributed by atoms with Crippen LogP contribution in [0.3, 0.4) is 0 Å². The Morgan fingerprint density at radius 2 is 1.42 bits per heavy atom. The molecule has 0 aliphatic rings. The number of halogens is 3. The smallest absolute Gasteiger partial charge is 0.285 e. The fourth-order valence-electron chi connectivity index (χ4n) is 1.52. The minimum absolute atomic E-state index is 0.113. The maximum absolute atomic E-state index is 13.3. The van der Waals surface area contributed by atoms with E-state index in [2.05, 4.69) is 15.9 Å². The van der Waals surface area contributed by atoms with Crippen LogP contribution in [0.1, 0.15) is 5.56 Å². The third kappa shape index (κ3) is 3.52. The molecule has 0 saturated carbocycles. The summed E-state index contributed by atoms with van der Waals surface area (Å²) in [5.74, 6) is -1.86. The van der Waals surface area contributed by atoms with E-state index in [1.54, 1.807) is 12.1 Å². The van der Waals surface area contributed by atoms with Crippen LogP contribution in [0.15, 0.2) is 53.0 Å². The van der Waals surface area contributed by atoms with E-state index in [1.165, 1.54) is 24.3 Å². The summed E-state index contributed by atoms with van der Waals surface area (Å²) >= 11 is 3.32. The quantitative estimate of drug-likeness (QED) is 0.909. The molecule has 5 heteroatoms. The van der Waals surface area contributed by atoms with Crippen molar-refractivity contribution < 1.29 is 13.5 Å². The molecule has 0 aliphatic heterocycles. The highest BCUT2D eigenvalue weighted by molar-refractivity contribution is 9.10. The Balaban J connectivity index is 2.13. The van der Waals surface area contributed by atoms with Gasteiger partial charge in [0.2, 0.25) is 0 Å². The van der Waals surface area contributed by atoms with Crippen molar-refractivity contribution >= 4 is 15.9 Å². The first kappa shape index (κ1) is 14.0. The Hall–Kier alpha value is -1.46. The molecule has 2 N–H and O–H groups in total. The number of benzene rings is 2. The van der Waals surface area contributed by atoms with Crippen LogP contribution in [-0.2, 0) is 5.92 Å². The average molecular weight is 328 g/mol. The highest BCUT2D eigenvalue weighted by Gasteiger charge is 2.29. The van der Waals surface area contributed by atoms with E-state index in [9.17, 15) is 8.78 Å². The minimum atomic E-state index is -3.00. The van der Waals surface area contributed by atoms with E-state index in [1.807, 2.05) is 12.1 Å². The van der Waals surface area contributed by atoms with Gasteiger partial charge in [-0.3, -0.25) is 0 Å². The molecule has 0 atom stereocenters. The number of hydrogen-bond donors (Lipinski definition) is 1. The second kappa shape index (κ2) is 5.67. The van der Waals surface area contributed by atoms with Crippen molar-refractivity contribution in [3.8, 4) is 11.5 Å². The molecule has 19 heavy (non-hydrogen) atoms. The van der Waals surface area contributed by atoms with Crippen molar-refractivity contribution in [3.63, 3.8) is 0 Å². The molecule has 2 aromatic rings. The van der Waals surface area contributed by atoms with Crippen molar-refractivity contribution in [3.05, 3.63) is 58.6 Å². The molecule has 0 spiro atoms. The van der Waals surface area contributed by atoms with Crippen LogP contribution in [0.4, 0.5) is 8.78 Å². The summed E-state index contributed by atoms with van der Waals surface area (Å²) in [4.78, 5) is 0. The molecular formula is C14H12BrF2NO. The molecule has 0 amide bonds. The minimum Gasteiger partial charge on any atom is -0.457 e. The highest BCUT2D eigenvalue weighted by Crippen LogP contribution is 2.29. The Kier molecular flexibility index (Phi) is 4.17. The molecule has 2 rings (SSSR count). The Labute approximate surface area is 118 Å². The normalized spacial score (nSPS) is 11.4. The molecule has 2 aromatic carbocycles. The first-order valence-corrected chi connectivity index (χ1v) is 6.42. The first-order chi connectivity index (χ1) is 9.01. The van der Waals surface area contributed by atoms with E-state index < -0.39 is 12.5 Å². The molecule has 0 heterocycles. The van der Waals surface area contributed by atoms with Crippen molar-refractivity contribution in [2.45, 2.75) is 5.92 Å². The fourth-order valence-corrected chi connectivity index (χ4v) is 1.79. The molecule has 0 aliphatic carbocycles. The van der Waals surface area contributed by atoms with Crippen LogP contribution in [0.5, 0.6) is 11.5 Å². The van der Waals surface area contributed by atoms with Crippen LogP contribution < -0.4 is 10.5 Å². The number of rotatable bonds is 4. The zero-order valence-corrected chi connectivity index (χ0v) is 11.5. The van der Waals surface area contributed by atoms with Crippen molar-refractivity contribution in [2.24, 2.45) is 5.73 Å². The van der Waals surface area contributed by atoms with Gasteiger partial charge in [0, 0.05) is 10.0 Å². The van der Waals surface area contributed by atoms with Gasteiger partial charge in [0.1, 0.15) is 11.5 Å². The molecule has 2 nitrogen and oxygen atoms in total. The SMILES string of the molecule is NCC(F)(F)c1ccc(Oc2ccc(Br)cc2)cc1. The Morgan fingerprint density at radius 1 is 0.947 bits per heavy atom. The summed E-state index contributed by atoms with van der Waals surface area (Å²) in [7, 11) is 0. The lowest BCUT2D eigenvalue weighted by molar-refractivity contribution is 0.00593. The van der Waals surface area contributed by atoms with Gasteiger partial charge in [0.05, 0.1) is 6.54 Å². The summed E-state index contributed by atoms with van der Waals surface area (Å²) in [5.41, 5.74) is 4.92. The number of ether oxygens (including phenoxy) is 1. The van der Waals surface area contributed by atoms with Gasteiger partial charge in [-0.25, -0.2) is 0 Å². The summed E-state index contributed by atoms with van der Waals surface area (Å²) < 4.78 is 33.1. The third-order valence-electron chi connectivity index (χ3n) is 2.58. The van der Waals surface area contributed by atoms with Gasteiger partial charge in [-0.1, -0.05) is 15.9 Å². The van der Waals surface area contributed by atoms with Crippen molar-refractivity contribution in [1.29, 1.82) is 0 Å². The van der Waals surface area contributed by atoms with Gasteiger partial charge >= 0.3 is 0 Å². The first-order valence-electron chi connectivity index (χ1n) is 5.63. The number of nitrogens with two attached hydrogens (primary N) is 1. The maximum Gasteiger partial charge on any atom is 0.285 e. The zero-order chi connectivity index (χ0) is 13.9. The number of alkyl halides is 2. The lowest BCUT2D eigenvalue weighted by Crippen LogP contribution is -2.24. The molecule has 100 valence electrons. The van der Waals surface area contributed by atoms with E-state index in [0.29, 0.717) is 11.5 Å². The van der Waals surface area contributed by atoms with Crippen LogP contribution in [0.25, 0.3) is 0 Å². The monoisotopic (exact) mass is 327 g/mol. The van der Waals surface area contributed by atoms with Crippen molar-refractivity contribution in [1.82, 2.24) is 0 Å². The van der Waals surface area contributed by atoms with Crippen LogP contribution in [0, 0.1) is 0 Å². The van der Waals surface area contributed by atoms with Gasteiger partial charge in [0.25, 0.3) is 5.92 Å². The van der Waals surface area contributed by atoms with Crippen LogP contribution >= 0.6 is 15.9 Å². The Bertz CT molecular complexity index is 540. The Morgan fingerprint density at radius 3 is 1.89 bits per heavy atom. The number of hydrogen-bond acceptors (Lipinski definition) is 2. The fraction of sp³-hybridized carbons (Fsp3) is 0.143. The molecule has 0 saturated heterocycles. The van der Waals surface area contributed by atoms with Gasteiger partial charge in [-0.05, 0) is 48.5 Å². The lowest BCUT2D eigenvalue weighted by atomic mass is 10.1. The van der Waals surface area contributed by atoms with E-state index >= 15 is 0 Å². The summed E-state index contributed by atoms with van der Waals surface area (Å²) in [5, 5.41) is 0. The third-order valence-corrected chi connectivity index (χ3v) is 3.11.